The van der Waals surface area contributed by atoms with Gasteiger partial charge in [0, 0.05) is 5.02 Å². The number of ether oxygens (including phenoxy) is 1. The summed E-state index contributed by atoms with van der Waals surface area (Å²) in [6, 6.07) is 9.78. The standard InChI is InChI=1S/C15H18ClNO/c1-2-11-6-7-12(10-17)15(8-11)18-14-5-3-4-13(16)9-14/h3-5,9,11-12,15H,2,6-8H2,1H3. The van der Waals surface area contributed by atoms with Crippen LogP contribution in [0.15, 0.2) is 24.3 Å². The fourth-order valence-corrected chi connectivity index (χ4v) is 2.76. The Bertz CT molecular complexity index is 440. The van der Waals surface area contributed by atoms with E-state index in [2.05, 4.69) is 13.0 Å². The molecule has 1 aromatic carbocycles. The molecule has 3 heteroatoms. The van der Waals surface area contributed by atoms with Crippen LogP contribution in [0.5, 0.6) is 5.75 Å². The van der Waals surface area contributed by atoms with Gasteiger partial charge in [0.2, 0.25) is 0 Å². The lowest BCUT2D eigenvalue weighted by Gasteiger charge is -2.32. The van der Waals surface area contributed by atoms with Crippen molar-refractivity contribution in [3.05, 3.63) is 29.3 Å². The minimum atomic E-state index is 0.00628. The molecule has 1 saturated carbocycles. The van der Waals surface area contributed by atoms with Crippen molar-refractivity contribution < 1.29 is 4.74 Å². The highest BCUT2D eigenvalue weighted by Gasteiger charge is 2.31. The minimum absolute atomic E-state index is 0.00628. The van der Waals surface area contributed by atoms with Crippen LogP contribution in [0.3, 0.4) is 0 Å². The van der Waals surface area contributed by atoms with Crippen molar-refractivity contribution in [1.82, 2.24) is 0 Å². The normalized spacial score (nSPS) is 27.5. The van der Waals surface area contributed by atoms with Crippen LogP contribution in [0.1, 0.15) is 32.6 Å². The maximum Gasteiger partial charge on any atom is 0.121 e. The summed E-state index contributed by atoms with van der Waals surface area (Å²) in [5, 5.41) is 9.87. The molecule has 96 valence electrons. The van der Waals surface area contributed by atoms with Gasteiger partial charge in [0.15, 0.2) is 0 Å². The lowest BCUT2D eigenvalue weighted by Crippen LogP contribution is -2.33. The Morgan fingerprint density at radius 1 is 1.44 bits per heavy atom. The number of rotatable bonds is 3. The van der Waals surface area contributed by atoms with E-state index in [0.717, 1.165) is 31.4 Å². The van der Waals surface area contributed by atoms with Crippen LogP contribution in [0.25, 0.3) is 0 Å². The van der Waals surface area contributed by atoms with E-state index < -0.39 is 0 Å². The molecule has 0 amide bonds. The molecule has 0 radical (unpaired) electrons. The van der Waals surface area contributed by atoms with E-state index in [1.54, 1.807) is 0 Å². The minimum Gasteiger partial charge on any atom is -0.489 e. The predicted molar refractivity (Wildman–Crippen MR) is 72.6 cm³/mol. The molecule has 1 aliphatic rings. The molecule has 3 atom stereocenters. The number of hydrogen-bond donors (Lipinski definition) is 0. The largest absolute Gasteiger partial charge is 0.489 e. The zero-order valence-electron chi connectivity index (χ0n) is 10.6. The lowest BCUT2D eigenvalue weighted by molar-refractivity contribution is 0.0893. The number of halogens is 1. The van der Waals surface area contributed by atoms with E-state index >= 15 is 0 Å². The van der Waals surface area contributed by atoms with E-state index in [4.69, 9.17) is 16.3 Å². The molecule has 3 unspecified atom stereocenters. The van der Waals surface area contributed by atoms with E-state index in [1.807, 2.05) is 24.3 Å². The monoisotopic (exact) mass is 263 g/mol. The summed E-state index contributed by atoms with van der Waals surface area (Å²) in [6.45, 7) is 2.20. The second-order valence-corrected chi connectivity index (χ2v) is 5.37. The quantitative estimate of drug-likeness (QED) is 0.808. The zero-order chi connectivity index (χ0) is 13.0. The number of hydrogen-bond acceptors (Lipinski definition) is 2. The van der Waals surface area contributed by atoms with E-state index in [0.29, 0.717) is 10.9 Å². The van der Waals surface area contributed by atoms with Crippen molar-refractivity contribution in [1.29, 1.82) is 5.26 Å². The molecule has 0 spiro atoms. The van der Waals surface area contributed by atoms with Crippen LogP contribution in [0, 0.1) is 23.2 Å². The molecule has 0 aromatic heterocycles. The Kier molecular flexibility index (Phi) is 4.49. The molecule has 2 nitrogen and oxygen atoms in total. The maximum absolute atomic E-state index is 9.20. The van der Waals surface area contributed by atoms with Gasteiger partial charge in [-0.1, -0.05) is 31.0 Å². The first kappa shape index (κ1) is 13.2. The molecule has 0 saturated heterocycles. The summed E-state index contributed by atoms with van der Waals surface area (Å²) in [5.41, 5.74) is 0. The van der Waals surface area contributed by atoms with Crippen LogP contribution in [0.4, 0.5) is 0 Å². The van der Waals surface area contributed by atoms with Crippen molar-refractivity contribution in [3.63, 3.8) is 0 Å². The summed E-state index contributed by atoms with van der Waals surface area (Å²) < 4.78 is 5.96. The lowest BCUT2D eigenvalue weighted by atomic mass is 9.79. The van der Waals surface area contributed by atoms with Crippen LogP contribution < -0.4 is 4.74 Å². The Hall–Kier alpha value is -1.20. The van der Waals surface area contributed by atoms with Gasteiger partial charge in [-0.15, -0.1) is 0 Å². The molecule has 0 aliphatic heterocycles. The summed E-state index contributed by atoms with van der Waals surface area (Å²) in [4.78, 5) is 0. The first-order chi connectivity index (χ1) is 8.72. The van der Waals surface area contributed by atoms with E-state index in [1.165, 1.54) is 0 Å². The van der Waals surface area contributed by atoms with Gasteiger partial charge in [0.1, 0.15) is 11.9 Å². The Balaban J connectivity index is 2.07. The third-order valence-electron chi connectivity index (χ3n) is 3.73. The van der Waals surface area contributed by atoms with Crippen LogP contribution in [0.2, 0.25) is 5.02 Å². The van der Waals surface area contributed by atoms with Gasteiger partial charge in [0.05, 0.1) is 12.0 Å². The molecular formula is C15H18ClNO. The summed E-state index contributed by atoms with van der Waals surface area (Å²) >= 11 is 5.94. The van der Waals surface area contributed by atoms with Crippen LogP contribution in [-0.2, 0) is 0 Å². The molecule has 0 heterocycles. The molecule has 18 heavy (non-hydrogen) atoms. The van der Waals surface area contributed by atoms with Gasteiger partial charge in [-0.2, -0.15) is 5.26 Å². The topological polar surface area (TPSA) is 33.0 Å². The Morgan fingerprint density at radius 2 is 2.28 bits per heavy atom. The number of nitrogens with zero attached hydrogens (tertiary/aromatic N) is 1. The van der Waals surface area contributed by atoms with Gasteiger partial charge in [-0.25, -0.2) is 0 Å². The highest BCUT2D eigenvalue weighted by Crippen LogP contribution is 2.33. The van der Waals surface area contributed by atoms with Gasteiger partial charge in [0.25, 0.3) is 0 Å². The number of nitriles is 1. The van der Waals surface area contributed by atoms with Gasteiger partial charge in [-0.05, 0) is 43.4 Å². The molecule has 0 N–H and O–H groups in total. The van der Waals surface area contributed by atoms with Crippen molar-refractivity contribution in [2.45, 2.75) is 38.7 Å². The third kappa shape index (κ3) is 3.17. The second-order valence-electron chi connectivity index (χ2n) is 4.94. The predicted octanol–water partition coefficient (Wildman–Crippen LogP) is 4.44. The molecule has 1 aromatic rings. The number of benzene rings is 1. The van der Waals surface area contributed by atoms with Crippen molar-refractivity contribution in [2.24, 2.45) is 11.8 Å². The van der Waals surface area contributed by atoms with Crippen molar-refractivity contribution in [3.8, 4) is 11.8 Å². The van der Waals surface area contributed by atoms with E-state index in [-0.39, 0.29) is 12.0 Å². The molecule has 1 fully saturated rings. The van der Waals surface area contributed by atoms with Crippen molar-refractivity contribution >= 4 is 11.6 Å². The second kappa shape index (κ2) is 6.11. The maximum atomic E-state index is 9.20. The highest BCUT2D eigenvalue weighted by molar-refractivity contribution is 6.30. The Morgan fingerprint density at radius 3 is 2.94 bits per heavy atom. The fraction of sp³-hybridized carbons (Fsp3) is 0.533. The third-order valence-corrected chi connectivity index (χ3v) is 3.96. The molecular weight excluding hydrogens is 246 g/mol. The first-order valence-corrected chi connectivity index (χ1v) is 6.92. The summed E-state index contributed by atoms with van der Waals surface area (Å²) in [7, 11) is 0. The molecule has 1 aliphatic carbocycles. The molecule has 0 bridgehead atoms. The van der Waals surface area contributed by atoms with Crippen molar-refractivity contribution in [2.75, 3.05) is 0 Å². The highest BCUT2D eigenvalue weighted by atomic mass is 35.5. The van der Waals surface area contributed by atoms with Crippen LogP contribution in [-0.4, -0.2) is 6.10 Å². The average molecular weight is 264 g/mol. The SMILES string of the molecule is CCC1CCC(C#N)C(Oc2cccc(Cl)c2)C1. The van der Waals surface area contributed by atoms with Gasteiger partial charge < -0.3 is 4.74 Å². The Labute approximate surface area is 114 Å². The van der Waals surface area contributed by atoms with Gasteiger partial charge >= 0.3 is 0 Å². The average Bonchev–Trinajstić information content (AvgIpc) is 2.38. The van der Waals surface area contributed by atoms with Crippen LogP contribution >= 0.6 is 11.6 Å². The summed E-state index contributed by atoms with van der Waals surface area (Å²) in [6.07, 6.45) is 4.23. The first-order valence-electron chi connectivity index (χ1n) is 6.54. The van der Waals surface area contributed by atoms with E-state index in [9.17, 15) is 5.26 Å². The summed E-state index contributed by atoms with van der Waals surface area (Å²) in [5.74, 6) is 1.45. The fourth-order valence-electron chi connectivity index (χ4n) is 2.58. The van der Waals surface area contributed by atoms with Gasteiger partial charge in [-0.3, -0.25) is 0 Å². The smallest absolute Gasteiger partial charge is 0.121 e. The zero-order valence-corrected chi connectivity index (χ0v) is 11.4. The molecule has 2 rings (SSSR count).